The van der Waals surface area contributed by atoms with Crippen LogP contribution in [0.15, 0.2) is 36.4 Å². The number of fused-ring (bicyclic) bond motifs is 3. The minimum atomic E-state index is -1.20. The Morgan fingerprint density at radius 1 is 0.833 bits per heavy atom. The highest BCUT2D eigenvalue weighted by molar-refractivity contribution is 7.37. The molecule has 128 valence electrons. The first-order chi connectivity index (χ1) is 11.7. The number of hydrogen-bond acceptors (Lipinski definition) is 5. The molecule has 3 aromatic rings. The van der Waals surface area contributed by atoms with E-state index in [4.69, 9.17) is 9.47 Å². The SMILES string of the molecule is CNCCOc1ccc2c3ccc(OCCNC)cc3[s+]([O-])c2c1. The molecule has 0 amide bonds. The van der Waals surface area contributed by atoms with E-state index in [0.29, 0.717) is 13.2 Å². The number of nitrogens with one attached hydrogen (secondary N) is 2. The maximum atomic E-state index is 12.8. The highest BCUT2D eigenvalue weighted by atomic mass is 32.2. The highest BCUT2D eigenvalue weighted by Gasteiger charge is 2.17. The minimum absolute atomic E-state index is 0.582. The fourth-order valence-corrected chi connectivity index (χ4v) is 4.04. The molecule has 5 nitrogen and oxygen atoms in total. The van der Waals surface area contributed by atoms with E-state index in [-0.39, 0.29) is 0 Å². The first kappa shape index (κ1) is 17.0. The van der Waals surface area contributed by atoms with Gasteiger partial charge in [-0.3, -0.25) is 0 Å². The largest absolute Gasteiger partial charge is 0.590 e. The molecule has 0 saturated heterocycles. The Hall–Kier alpha value is -1.86. The highest BCUT2D eigenvalue weighted by Crippen LogP contribution is 2.43. The van der Waals surface area contributed by atoms with Gasteiger partial charge in [-0.15, -0.1) is 0 Å². The number of hydrogen-bond donors (Lipinski definition) is 2. The van der Waals surface area contributed by atoms with Crippen molar-refractivity contribution in [3.05, 3.63) is 36.4 Å². The van der Waals surface area contributed by atoms with E-state index in [1.54, 1.807) is 0 Å². The monoisotopic (exact) mass is 346 g/mol. The first-order valence-electron chi connectivity index (χ1n) is 7.99. The summed E-state index contributed by atoms with van der Waals surface area (Å²) in [5.74, 6) is 1.49. The van der Waals surface area contributed by atoms with E-state index in [1.165, 1.54) is 0 Å². The lowest BCUT2D eigenvalue weighted by Crippen LogP contribution is -2.15. The molecule has 0 bridgehead atoms. The molecule has 24 heavy (non-hydrogen) atoms. The summed E-state index contributed by atoms with van der Waals surface area (Å²) in [5.41, 5.74) is 0. The molecule has 0 aliphatic rings. The molecule has 3 rings (SSSR count). The molecule has 6 heteroatoms. The van der Waals surface area contributed by atoms with E-state index in [9.17, 15) is 4.55 Å². The second-order valence-corrected chi connectivity index (χ2v) is 6.91. The van der Waals surface area contributed by atoms with Crippen LogP contribution in [-0.2, 0) is 0 Å². The standard InChI is InChI=1S/C18H22N2O3S/c1-19-7-9-22-13-3-5-15-16-6-4-14(23-10-8-20-2)12-18(16)24(21)17(15)11-13/h3-6,11-12,19-20H,7-10H2,1-2H3. The molecule has 1 heterocycles. The van der Waals surface area contributed by atoms with E-state index in [1.807, 2.05) is 50.5 Å². The van der Waals surface area contributed by atoms with Crippen molar-refractivity contribution in [1.29, 1.82) is 0 Å². The smallest absolute Gasteiger partial charge is 0.184 e. The van der Waals surface area contributed by atoms with Gasteiger partial charge >= 0.3 is 0 Å². The van der Waals surface area contributed by atoms with Crippen LogP contribution in [0.1, 0.15) is 0 Å². The molecule has 2 aromatic carbocycles. The summed E-state index contributed by atoms with van der Waals surface area (Å²) in [4.78, 5) is 0. The van der Waals surface area contributed by atoms with Crippen LogP contribution in [0.25, 0.3) is 20.2 Å². The van der Waals surface area contributed by atoms with Gasteiger partial charge in [-0.1, -0.05) is 0 Å². The number of thiophene rings is 1. The van der Waals surface area contributed by atoms with Gasteiger partial charge in [0.15, 0.2) is 9.40 Å². The maximum Gasteiger partial charge on any atom is 0.184 e. The van der Waals surface area contributed by atoms with Gasteiger partial charge in [0.1, 0.15) is 24.7 Å². The predicted octanol–water partition coefficient (Wildman–Crippen LogP) is 2.92. The summed E-state index contributed by atoms with van der Waals surface area (Å²) in [6.07, 6.45) is 0. The first-order valence-corrected chi connectivity index (χ1v) is 9.14. The average Bonchev–Trinajstić information content (AvgIpc) is 2.88. The molecule has 0 fully saturated rings. The zero-order valence-electron chi connectivity index (χ0n) is 13.9. The van der Waals surface area contributed by atoms with Crippen LogP contribution in [0.2, 0.25) is 0 Å². The molecule has 0 spiro atoms. The number of ether oxygens (including phenoxy) is 2. The van der Waals surface area contributed by atoms with Crippen LogP contribution >= 0.6 is 10.8 Å². The van der Waals surface area contributed by atoms with Gasteiger partial charge < -0.3 is 24.7 Å². The number of likely N-dealkylation sites (N-methyl/N-ethyl adjacent to an activating group) is 2. The topological polar surface area (TPSA) is 65.6 Å². The van der Waals surface area contributed by atoms with Crippen LogP contribution < -0.4 is 20.1 Å². The van der Waals surface area contributed by atoms with Crippen LogP contribution in [0, 0.1) is 0 Å². The van der Waals surface area contributed by atoms with E-state index < -0.39 is 10.8 Å². The fraction of sp³-hybridized carbons (Fsp3) is 0.333. The maximum absolute atomic E-state index is 12.8. The summed E-state index contributed by atoms with van der Waals surface area (Å²) in [6.45, 7) is 2.71. The van der Waals surface area contributed by atoms with E-state index in [0.717, 1.165) is 44.8 Å². The van der Waals surface area contributed by atoms with Crippen molar-refractivity contribution >= 4 is 30.9 Å². The number of rotatable bonds is 8. The zero-order chi connectivity index (χ0) is 16.9. The van der Waals surface area contributed by atoms with Gasteiger partial charge in [0.2, 0.25) is 0 Å². The quantitative estimate of drug-likeness (QED) is 0.485. The Labute approximate surface area is 144 Å². The Balaban J connectivity index is 1.93. The Morgan fingerprint density at radius 3 is 1.71 bits per heavy atom. The van der Waals surface area contributed by atoms with Gasteiger partial charge in [0.25, 0.3) is 0 Å². The van der Waals surface area contributed by atoms with Crippen LogP contribution in [0.4, 0.5) is 0 Å². The van der Waals surface area contributed by atoms with E-state index >= 15 is 0 Å². The van der Waals surface area contributed by atoms with E-state index in [2.05, 4.69) is 10.6 Å². The lowest BCUT2D eigenvalue weighted by Gasteiger charge is -2.04. The fourth-order valence-electron chi connectivity index (χ4n) is 2.60. The van der Waals surface area contributed by atoms with Crippen LogP contribution in [0.5, 0.6) is 11.5 Å². The molecular weight excluding hydrogens is 324 g/mol. The van der Waals surface area contributed by atoms with Crippen molar-refractivity contribution in [1.82, 2.24) is 10.6 Å². The van der Waals surface area contributed by atoms with Crippen LogP contribution in [-0.4, -0.2) is 45.0 Å². The molecule has 1 aromatic heterocycles. The van der Waals surface area contributed by atoms with Crippen molar-refractivity contribution < 1.29 is 14.0 Å². The third-order valence-corrected chi connectivity index (χ3v) is 5.31. The molecule has 2 N–H and O–H groups in total. The van der Waals surface area contributed by atoms with Crippen molar-refractivity contribution in [3.8, 4) is 11.5 Å². The van der Waals surface area contributed by atoms with Crippen molar-refractivity contribution in [2.24, 2.45) is 0 Å². The van der Waals surface area contributed by atoms with Gasteiger partial charge in [0.05, 0.1) is 0 Å². The second kappa shape index (κ2) is 7.81. The zero-order valence-corrected chi connectivity index (χ0v) is 14.7. The molecule has 0 aliphatic heterocycles. The lowest BCUT2D eigenvalue weighted by atomic mass is 10.1. The summed E-state index contributed by atoms with van der Waals surface area (Å²) < 4.78 is 25.8. The van der Waals surface area contributed by atoms with Crippen LogP contribution in [0.3, 0.4) is 0 Å². The summed E-state index contributed by atoms with van der Waals surface area (Å²) in [7, 11) is 2.57. The van der Waals surface area contributed by atoms with Gasteiger partial charge in [-0.25, -0.2) is 0 Å². The summed E-state index contributed by atoms with van der Waals surface area (Å²) in [6, 6.07) is 11.6. The second-order valence-electron chi connectivity index (χ2n) is 5.49. The number of benzene rings is 2. The van der Waals surface area contributed by atoms with Gasteiger partial charge in [0, 0.05) is 36.0 Å². The molecule has 0 radical (unpaired) electrons. The molecule has 0 saturated carbocycles. The predicted molar refractivity (Wildman–Crippen MR) is 99.0 cm³/mol. The summed E-state index contributed by atoms with van der Waals surface area (Å²) in [5, 5.41) is 8.09. The van der Waals surface area contributed by atoms with Gasteiger partial charge in [-0.2, -0.15) is 0 Å². The van der Waals surface area contributed by atoms with Gasteiger partial charge in [-0.05, 0) is 49.1 Å². The molecule has 0 atom stereocenters. The molecule has 0 unspecified atom stereocenters. The third-order valence-electron chi connectivity index (χ3n) is 3.84. The van der Waals surface area contributed by atoms with Crippen molar-refractivity contribution in [2.45, 2.75) is 0 Å². The van der Waals surface area contributed by atoms with Crippen molar-refractivity contribution in [3.63, 3.8) is 0 Å². The molecule has 0 aliphatic carbocycles. The molecular formula is C18H22N2O3S. The summed E-state index contributed by atoms with van der Waals surface area (Å²) >= 11 is 0. The minimum Gasteiger partial charge on any atom is -0.590 e. The Bertz CT molecular complexity index is 765. The average molecular weight is 346 g/mol. The third kappa shape index (κ3) is 3.47. The lowest BCUT2D eigenvalue weighted by molar-refractivity contribution is 0.319. The Kier molecular flexibility index (Phi) is 5.52. The normalized spacial score (nSPS) is 11.3. The Morgan fingerprint density at radius 2 is 1.29 bits per heavy atom. The van der Waals surface area contributed by atoms with Crippen molar-refractivity contribution in [2.75, 3.05) is 40.4 Å².